The Balaban J connectivity index is 2.61. The van der Waals surface area contributed by atoms with Crippen LogP contribution in [0.15, 0.2) is 34.3 Å². The summed E-state index contributed by atoms with van der Waals surface area (Å²) in [5, 5.41) is 0. The molecule has 0 fully saturated rings. The Morgan fingerprint density at radius 2 is 1.88 bits per heavy atom. The van der Waals surface area contributed by atoms with E-state index in [4.69, 9.17) is 0 Å². The molecule has 2 nitrogen and oxygen atoms in total. The highest BCUT2D eigenvalue weighted by atomic mass is 14.8. The van der Waals surface area contributed by atoms with Crippen molar-refractivity contribution < 1.29 is 0 Å². The molecule has 0 heterocycles. The molecule has 0 bridgehead atoms. The van der Waals surface area contributed by atoms with E-state index in [9.17, 15) is 0 Å². The van der Waals surface area contributed by atoms with Crippen molar-refractivity contribution in [3.8, 4) is 0 Å². The third-order valence-corrected chi connectivity index (χ3v) is 2.69. The largest absolute Gasteiger partial charge is 0.226 e. The molecule has 0 spiro atoms. The first-order valence-electron chi connectivity index (χ1n) is 6.58. The van der Waals surface area contributed by atoms with Gasteiger partial charge >= 0.3 is 0 Å². The van der Waals surface area contributed by atoms with Gasteiger partial charge in [-0.1, -0.05) is 44.4 Å². The first kappa shape index (κ1) is 13.7. The van der Waals surface area contributed by atoms with Crippen LogP contribution < -0.4 is 0 Å². The van der Waals surface area contributed by atoms with Crippen molar-refractivity contribution in [3.05, 3.63) is 29.8 Å². The molecule has 0 aliphatic rings. The molecule has 0 saturated heterocycles. The summed E-state index contributed by atoms with van der Waals surface area (Å²) in [5.74, 6) is 0. The Bertz CT molecular complexity index is 376. The van der Waals surface area contributed by atoms with E-state index in [0.29, 0.717) is 0 Å². The molecular formula is C15H22N2. The van der Waals surface area contributed by atoms with Crippen molar-refractivity contribution in [2.45, 2.75) is 46.0 Å². The molecule has 0 aliphatic heterocycles. The molecule has 0 radical (unpaired) electrons. The summed E-state index contributed by atoms with van der Waals surface area (Å²) in [4.78, 5) is 8.28. The molecule has 1 aromatic rings. The molecule has 0 atom stereocenters. The number of hydrogen-bond acceptors (Lipinski definition) is 2. The summed E-state index contributed by atoms with van der Waals surface area (Å²) in [7, 11) is 0. The fourth-order valence-corrected chi connectivity index (χ4v) is 1.73. The molecule has 0 N–H and O–H groups in total. The highest BCUT2D eigenvalue weighted by molar-refractivity contribution is 5.56. The van der Waals surface area contributed by atoms with Gasteiger partial charge in [-0.05, 0) is 31.4 Å². The second-order valence-corrected chi connectivity index (χ2v) is 4.13. The lowest BCUT2D eigenvalue weighted by molar-refractivity contribution is 0.667. The van der Waals surface area contributed by atoms with Crippen molar-refractivity contribution >= 4 is 11.7 Å². The second-order valence-electron chi connectivity index (χ2n) is 4.13. The van der Waals surface area contributed by atoms with E-state index in [1.165, 1.54) is 31.2 Å². The number of hydrogen-bond donors (Lipinski definition) is 0. The second kappa shape index (κ2) is 8.72. The third-order valence-electron chi connectivity index (χ3n) is 2.69. The highest BCUT2D eigenvalue weighted by Crippen LogP contribution is 2.20. The number of aliphatic imine (C=N–C) groups is 2. The average Bonchev–Trinajstić information content (AvgIpc) is 2.36. The SMILES string of the molecule is CCCCCCc1ccccc1N=C=NCC. The number of rotatable bonds is 7. The maximum absolute atomic E-state index is 4.28. The van der Waals surface area contributed by atoms with E-state index in [0.717, 1.165) is 18.7 Å². The van der Waals surface area contributed by atoms with Crippen LogP contribution in [-0.4, -0.2) is 12.6 Å². The van der Waals surface area contributed by atoms with Crippen LogP contribution in [0.1, 0.15) is 45.1 Å². The predicted octanol–water partition coefficient (Wildman–Crippen LogP) is 4.63. The molecule has 17 heavy (non-hydrogen) atoms. The highest BCUT2D eigenvalue weighted by Gasteiger charge is 1.99. The average molecular weight is 230 g/mol. The molecule has 1 aromatic carbocycles. The molecule has 0 amide bonds. The van der Waals surface area contributed by atoms with E-state index in [2.05, 4.69) is 35.0 Å². The zero-order chi connectivity index (χ0) is 12.3. The summed E-state index contributed by atoms with van der Waals surface area (Å²) in [6.07, 6.45) is 6.25. The van der Waals surface area contributed by atoms with Crippen LogP contribution in [0.5, 0.6) is 0 Å². The Morgan fingerprint density at radius 3 is 2.65 bits per heavy atom. The van der Waals surface area contributed by atoms with E-state index in [-0.39, 0.29) is 0 Å². The lowest BCUT2D eigenvalue weighted by atomic mass is 10.0. The summed E-state index contributed by atoms with van der Waals surface area (Å²) in [6, 6.07) is 11.0. The van der Waals surface area contributed by atoms with Crippen molar-refractivity contribution in [1.82, 2.24) is 0 Å². The monoisotopic (exact) mass is 230 g/mol. The van der Waals surface area contributed by atoms with E-state index in [1.54, 1.807) is 0 Å². The molecular weight excluding hydrogens is 208 g/mol. The predicted molar refractivity (Wildman–Crippen MR) is 74.4 cm³/mol. The normalized spacial score (nSPS) is 9.76. The molecule has 0 aliphatic carbocycles. The van der Waals surface area contributed by atoms with Crippen LogP contribution in [0.4, 0.5) is 5.69 Å². The number of para-hydroxylation sites is 1. The quantitative estimate of drug-likeness (QED) is 0.482. The first-order valence-corrected chi connectivity index (χ1v) is 6.58. The number of nitrogens with zero attached hydrogens (tertiary/aromatic N) is 2. The van der Waals surface area contributed by atoms with Gasteiger partial charge in [0.1, 0.15) is 0 Å². The Hall–Kier alpha value is -1.40. The van der Waals surface area contributed by atoms with Crippen molar-refractivity contribution in [2.24, 2.45) is 9.98 Å². The fraction of sp³-hybridized carbons (Fsp3) is 0.533. The Labute approximate surface area is 105 Å². The standard InChI is InChI=1S/C15H22N2/c1-3-5-6-7-10-14-11-8-9-12-15(14)17-13-16-4-2/h8-9,11-12H,3-7,10H2,1-2H3. The number of unbranched alkanes of at least 4 members (excludes halogenated alkanes) is 3. The van der Waals surface area contributed by atoms with Gasteiger partial charge in [-0.2, -0.15) is 4.99 Å². The van der Waals surface area contributed by atoms with Gasteiger partial charge < -0.3 is 0 Å². The smallest absolute Gasteiger partial charge is 0.0948 e. The van der Waals surface area contributed by atoms with Gasteiger partial charge in [0.05, 0.1) is 11.7 Å². The molecule has 92 valence electrons. The summed E-state index contributed by atoms with van der Waals surface area (Å²) in [6.45, 7) is 4.96. The van der Waals surface area contributed by atoms with Crippen LogP contribution in [0.25, 0.3) is 0 Å². The number of benzene rings is 1. The van der Waals surface area contributed by atoms with Crippen LogP contribution in [-0.2, 0) is 6.42 Å². The minimum Gasteiger partial charge on any atom is -0.226 e. The van der Waals surface area contributed by atoms with Gasteiger partial charge in [0.25, 0.3) is 0 Å². The minimum absolute atomic E-state index is 0.738. The van der Waals surface area contributed by atoms with Gasteiger partial charge in [-0.15, -0.1) is 0 Å². The Morgan fingerprint density at radius 1 is 1.06 bits per heavy atom. The molecule has 0 unspecified atom stereocenters. The molecule has 1 rings (SSSR count). The lowest BCUT2D eigenvalue weighted by Crippen LogP contribution is -1.86. The lowest BCUT2D eigenvalue weighted by Gasteiger charge is -2.03. The summed E-state index contributed by atoms with van der Waals surface area (Å²) >= 11 is 0. The van der Waals surface area contributed by atoms with Crippen LogP contribution in [0.2, 0.25) is 0 Å². The molecule has 0 aromatic heterocycles. The van der Waals surface area contributed by atoms with Gasteiger partial charge in [0, 0.05) is 6.54 Å². The first-order chi connectivity index (χ1) is 8.38. The molecule has 0 saturated carbocycles. The van der Waals surface area contributed by atoms with Gasteiger partial charge in [0.15, 0.2) is 0 Å². The van der Waals surface area contributed by atoms with Crippen molar-refractivity contribution in [3.63, 3.8) is 0 Å². The van der Waals surface area contributed by atoms with Crippen molar-refractivity contribution in [2.75, 3.05) is 6.54 Å². The summed E-state index contributed by atoms with van der Waals surface area (Å²) < 4.78 is 0. The fourth-order valence-electron chi connectivity index (χ4n) is 1.73. The van der Waals surface area contributed by atoms with E-state index >= 15 is 0 Å². The topological polar surface area (TPSA) is 24.7 Å². The summed E-state index contributed by atoms with van der Waals surface area (Å²) in [5.41, 5.74) is 2.32. The third kappa shape index (κ3) is 5.46. The van der Waals surface area contributed by atoms with Crippen LogP contribution in [0, 0.1) is 0 Å². The van der Waals surface area contributed by atoms with Gasteiger partial charge in [-0.25, -0.2) is 4.99 Å². The van der Waals surface area contributed by atoms with Crippen LogP contribution in [0.3, 0.4) is 0 Å². The Kier molecular flexibility index (Phi) is 7.01. The zero-order valence-electron chi connectivity index (χ0n) is 10.9. The maximum Gasteiger partial charge on any atom is 0.0948 e. The molecule has 2 heteroatoms. The minimum atomic E-state index is 0.738. The van der Waals surface area contributed by atoms with E-state index in [1.807, 2.05) is 19.1 Å². The number of aryl methyl sites for hydroxylation is 1. The van der Waals surface area contributed by atoms with Crippen LogP contribution >= 0.6 is 0 Å². The van der Waals surface area contributed by atoms with Crippen molar-refractivity contribution in [1.29, 1.82) is 0 Å². The zero-order valence-corrected chi connectivity index (χ0v) is 10.9. The van der Waals surface area contributed by atoms with Gasteiger partial charge in [-0.3, -0.25) is 0 Å². The van der Waals surface area contributed by atoms with Gasteiger partial charge in [0.2, 0.25) is 0 Å². The maximum atomic E-state index is 4.28. The van der Waals surface area contributed by atoms with E-state index < -0.39 is 0 Å².